The van der Waals surface area contributed by atoms with Crippen molar-refractivity contribution in [2.45, 2.75) is 13.3 Å². The molecule has 5 nitrogen and oxygen atoms in total. The third-order valence-corrected chi connectivity index (χ3v) is 4.48. The normalized spacial score (nSPS) is 19.5. The average Bonchev–Trinajstić information content (AvgIpc) is 3.04. The van der Waals surface area contributed by atoms with Gasteiger partial charge in [0, 0.05) is 13.1 Å². The molecule has 104 valence electrons. The first-order chi connectivity index (χ1) is 9.10. The molecule has 0 radical (unpaired) electrons. The van der Waals surface area contributed by atoms with Crippen molar-refractivity contribution >= 4 is 23.2 Å². The predicted octanol–water partition coefficient (Wildman–Crippen LogP) is 1.52. The van der Waals surface area contributed by atoms with E-state index in [2.05, 4.69) is 17.1 Å². The molecule has 1 unspecified atom stereocenters. The molecule has 2 heterocycles. The predicted molar refractivity (Wildman–Crippen MR) is 73.8 cm³/mol. The van der Waals surface area contributed by atoms with E-state index in [9.17, 15) is 9.59 Å². The van der Waals surface area contributed by atoms with Crippen LogP contribution in [-0.2, 0) is 0 Å². The van der Waals surface area contributed by atoms with Crippen molar-refractivity contribution in [3.63, 3.8) is 0 Å². The van der Waals surface area contributed by atoms with Crippen molar-refractivity contribution in [1.29, 1.82) is 0 Å². The van der Waals surface area contributed by atoms with Gasteiger partial charge < -0.3 is 15.3 Å². The molecule has 0 aromatic carbocycles. The Morgan fingerprint density at radius 1 is 1.47 bits per heavy atom. The number of carboxylic acid groups (broad SMARTS) is 1. The van der Waals surface area contributed by atoms with Gasteiger partial charge in [0.25, 0.3) is 5.91 Å². The number of carbonyl (C=O) groups is 2. The first-order valence-corrected chi connectivity index (χ1v) is 7.25. The van der Waals surface area contributed by atoms with Crippen LogP contribution in [0.5, 0.6) is 0 Å². The van der Waals surface area contributed by atoms with Crippen molar-refractivity contribution in [3.8, 4) is 0 Å². The fourth-order valence-corrected chi connectivity index (χ4v) is 3.03. The van der Waals surface area contributed by atoms with Crippen molar-refractivity contribution in [3.05, 3.63) is 21.9 Å². The molecule has 1 aliphatic heterocycles. The number of nitrogens with zero attached hydrogens (tertiary/aromatic N) is 1. The van der Waals surface area contributed by atoms with Crippen molar-refractivity contribution in [1.82, 2.24) is 10.2 Å². The highest BCUT2D eigenvalue weighted by atomic mass is 32.1. The third kappa shape index (κ3) is 3.54. The van der Waals surface area contributed by atoms with E-state index in [1.807, 2.05) is 0 Å². The minimum absolute atomic E-state index is 0.174. The lowest BCUT2D eigenvalue weighted by Gasteiger charge is -2.13. The van der Waals surface area contributed by atoms with Gasteiger partial charge in [-0.15, -0.1) is 11.3 Å². The highest BCUT2D eigenvalue weighted by Gasteiger charge is 2.22. The van der Waals surface area contributed by atoms with Gasteiger partial charge in [0.2, 0.25) is 0 Å². The summed E-state index contributed by atoms with van der Waals surface area (Å²) in [7, 11) is 0. The lowest BCUT2D eigenvalue weighted by atomic mass is 10.1. The number of hydrogen-bond acceptors (Lipinski definition) is 4. The number of thiophene rings is 1. The van der Waals surface area contributed by atoms with Gasteiger partial charge in [-0.3, -0.25) is 4.79 Å². The summed E-state index contributed by atoms with van der Waals surface area (Å²) in [5.41, 5.74) is 0. The van der Waals surface area contributed by atoms with Gasteiger partial charge in [-0.05, 0) is 37.6 Å². The molecule has 0 bridgehead atoms. The number of carboxylic acids is 1. The molecule has 1 aromatic heterocycles. The quantitative estimate of drug-likeness (QED) is 0.859. The maximum Gasteiger partial charge on any atom is 0.345 e. The lowest BCUT2D eigenvalue weighted by molar-refractivity contribution is 0.0702. The topological polar surface area (TPSA) is 69.6 Å². The molecule has 19 heavy (non-hydrogen) atoms. The minimum atomic E-state index is -0.988. The summed E-state index contributed by atoms with van der Waals surface area (Å²) >= 11 is 1.01. The van der Waals surface area contributed by atoms with E-state index in [-0.39, 0.29) is 10.8 Å². The average molecular weight is 282 g/mol. The maximum absolute atomic E-state index is 11.9. The Balaban J connectivity index is 1.82. The van der Waals surface area contributed by atoms with E-state index in [1.54, 1.807) is 6.07 Å². The van der Waals surface area contributed by atoms with Gasteiger partial charge >= 0.3 is 5.97 Å². The van der Waals surface area contributed by atoms with E-state index in [0.29, 0.717) is 17.3 Å². The van der Waals surface area contributed by atoms with Gasteiger partial charge in [-0.2, -0.15) is 0 Å². The zero-order valence-corrected chi connectivity index (χ0v) is 11.7. The van der Waals surface area contributed by atoms with Crippen LogP contribution in [0, 0.1) is 5.92 Å². The minimum Gasteiger partial charge on any atom is -0.477 e. The Morgan fingerprint density at radius 3 is 2.79 bits per heavy atom. The molecule has 0 saturated carbocycles. The second-order valence-corrected chi connectivity index (χ2v) is 5.81. The van der Waals surface area contributed by atoms with Crippen molar-refractivity contribution < 1.29 is 14.7 Å². The zero-order chi connectivity index (χ0) is 13.8. The highest BCUT2D eigenvalue weighted by molar-refractivity contribution is 7.15. The Labute approximate surface area is 116 Å². The molecule has 0 aliphatic carbocycles. The lowest BCUT2D eigenvalue weighted by Crippen LogP contribution is -2.30. The summed E-state index contributed by atoms with van der Waals surface area (Å²) in [5.74, 6) is -0.659. The molecule has 1 atom stereocenters. The Bertz CT molecular complexity index is 472. The summed E-state index contributed by atoms with van der Waals surface area (Å²) in [6, 6.07) is 3.03. The molecule has 6 heteroatoms. The van der Waals surface area contributed by atoms with Gasteiger partial charge in [-0.25, -0.2) is 4.79 Å². The number of carbonyl (C=O) groups excluding carboxylic acids is 1. The summed E-state index contributed by atoms with van der Waals surface area (Å²) < 4.78 is 0. The second kappa shape index (κ2) is 6.16. The van der Waals surface area contributed by atoms with Crippen LogP contribution in [0.1, 0.15) is 32.7 Å². The number of likely N-dealkylation sites (tertiary alicyclic amines) is 1. The molecule has 2 N–H and O–H groups in total. The zero-order valence-electron chi connectivity index (χ0n) is 10.9. The number of amides is 1. The molecule has 2 rings (SSSR count). The smallest absolute Gasteiger partial charge is 0.345 e. The summed E-state index contributed by atoms with van der Waals surface area (Å²) in [6.45, 7) is 5.98. The Morgan fingerprint density at radius 2 is 2.21 bits per heavy atom. The first-order valence-electron chi connectivity index (χ1n) is 6.43. The molecular weight excluding hydrogens is 264 g/mol. The number of nitrogens with one attached hydrogen (secondary N) is 1. The van der Waals surface area contributed by atoms with Crippen LogP contribution in [0.4, 0.5) is 0 Å². The number of rotatable bonds is 5. The first kappa shape index (κ1) is 14.0. The van der Waals surface area contributed by atoms with E-state index in [1.165, 1.54) is 6.07 Å². The van der Waals surface area contributed by atoms with Crippen molar-refractivity contribution in [2.75, 3.05) is 26.2 Å². The fourth-order valence-electron chi connectivity index (χ4n) is 2.27. The fraction of sp³-hybridized carbons (Fsp3) is 0.538. The van der Waals surface area contributed by atoms with Crippen LogP contribution >= 0.6 is 11.3 Å². The number of hydrogen-bond donors (Lipinski definition) is 2. The maximum atomic E-state index is 11.9. The summed E-state index contributed by atoms with van der Waals surface area (Å²) in [4.78, 5) is 25.7. The highest BCUT2D eigenvalue weighted by Crippen LogP contribution is 2.17. The Kier molecular flexibility index (Phi) is 4.55. The van der Waals surface area contributed by atoms with Crippen molar-refractivity contribution in [2.24, 2.45) is 5.92 Å². The van der Waals surface area contributed by atoms with E-state index < -0.39 is 5.97 Å². The van der Waals surface area contributed by atoms with Crippen LogP contribution in [0.15, 0.2) is 12.1 Å². The van der Waals surface area contributed by atoms with E-state index in [0.717, 1.165) is 37.4 Å². The summed E-state index contributed by atoms with van der Waals surface area (Å²) in [6.07, 6.45) is 1.11. The van der Waals surface area contributed by atoms with Crippen LogP contribution in [0.2, 0.25) is 0 Å². The van der Waals surface area contributed by atoms with Crippen LogP contribution in [0.25, 0.3) is 0 Å². The monoisotopic (exact) mass is 282 g/mol. The molecule has 1 fully saturated rings. The number of aromatic carboxylic acids is 1. The summed E-state index contributed by atoms with van der Waals surface area (Å²) in [5, 5.41) is 11.7. The molecule has 1 aliphatic rings. The standard InChI is InChI=1S/C13H18N2O3S/c1-2-15-6-5-9(8-15)7-14-12(16)10-3-4-11(19-10)13(17)18/h3-4,9H,2,5-8H2,1H3,(H,14,16)(H,17,18). The van der Waals surface area contributed by atoms with E-state index in [4.69, 9.17) is 5.11 Å². The molecule has 1 saturated heterocycles. The Hall–Kier alpha value is -1.40. The molecule has 1 amide bonds. The largest absolute Gasteiger partial charge is 0.477 e. The van der Waals surface area contributed by atoms with Gasteiger partial charge in [0.1, 0.15) is 4.88 Å². The van der Waals surface area contributed by atoms with Crippen LogP contribution < -0.4 is 5.32 Å². The third-order valence-electron chi connectivity index (χ3n) is 3.41. The molecule has 1 aromatic rings. The van der Waals surface area contributed by atoms with Gasteiger partial charge in [0.05, 0.1) is 4.88 Å². The van der Waals surface area contributed by atoms with Crippen LogP contribution in [-0.4, -0.2) is 48.1 Å². The molecule has 0 spiro atoms. The second-order valence-electron chi connectivity index (χ2n) is 4.73. The van der Waals surface area contributed by atoms with Gasteiger partial charge in [-0.1, -0.05) is 6.92 Å². The van der Waals surface area contributed by atoms with Gasteiger partial charge in [0.15, 0.2) is 0 Å². The van der Waals surface area contributed by atoms with E-state index >= 15 is 0 Å². The molecular formula is C13H18N2O3S. The van der Waals surface area contributed by atoms with Crippen LogP contribution in [0.3, 0.4) is 0 Å². The SMILES string of the molecule is CCN1CCC(CNC(=O)c2ccc(C(=O)O)s2)C1.